The molecule has 0 radical (unpaired) electrons. The second kappa shape index (κ2) is 4.50. The summed E-state index contributed by atoms with van der Waals surface area (Å²) in [6, 6.07) is 24.7. The summed E-state index contributed by atoms with van der Waals surface area (Å²) in [5.41, 5.74) is 4.72. The molecule has 2 nitrogen and oxygen atoms in total. The monoisotopic (exact) mass is 268 g/mol. The van der Waals surface area contributed by atoms with Crippen molar-refractivity contribution < 1.29 is 0 Å². The van der Waals surface area contributed by atoms with Gasteiger partial charge in [-0.25, -0.2) is 0 Å². The Balaban J connectivity index is 2.12. The van der Waals surface area contributed by atoms with E-state index in [0.29, 0.717) is 5.56 Å². The average Bonchev–Trinajstić information content (AvgIpc) is 2.93. The molecule has 0 spiro atoms. The van der Waals surface area contributed by atoms with E-state index in [2.05, 4.69) is 23.2 Å². The van der Waals surface area contributed by atoms with Gasteiger partial charge in [0.2, 0.25) is 0 Å². The molecule has 0 unspecified atom stereocenters. The smallest absolute Gasteiger partial charge is 0.102 e. The molecule has 0 saturated carbocycles. The third-order valence-corrected chi connectivity index (χ3v) is 3.88. The summed E-state index contributed by atoms with van der Waals surface area (Å²) in [5, 5.41) is 11.9. The number of para-hydroxylation sites is 1. The summed E-state index contributed by atoms with van der Waals surface area (Å²) in [4.78, 5) is 3.39. The van der Waals surface area contributed by atoms with Crippen molar-refractivity contribution >= 4 is 21.8 Å². The third kappa shape index (κ3) is 1.72. The Kier molecular flexibility index (Phi) is 2.52. The topological polar surface area (TPSA) is 39.6 Å². The molecule has 2 heteroatoms. The molecule has 0 atom stereocenters. The summed E-state index contributed by atoms with van der Waals surface area (Å²) in [7, 11) is 0. The SMILES string of the molecule is N#Cc1c(-c2ccccc2)ccc2c1[nH]c1ccccc12. The summed E-state index contributed by atoms with van der Waals surface area (Å²) in [6.07, 6.45) is 0. The van der Waals surface area contributed by atoms with Gasteiger partial charge in [0.1, 0.15) is 6.07 Å². The first-order valence-corrected chi connectivity index (χ1v) is 6.87. The molecule has 1 heterocycles. The third-order valence-electron chi connectivity index (χ3n) is 3.88. The van der Waals surface area contributed by atoms with E-state index >= 15 is 0 Å². The molecule has 1 N–H and O–H groups in total. The van der Waals surface area contributed by atoms with Crippen molar-refractivity contribution in [3.8, 4) is 17.2 Å². The van der Waals surface area contributed by atoms with Crippen molar-refractivity contribution in [1.29, 1.82) is 5.26 Å². The average molecular weight is 268 g/mol. The van der Waals surface area contributed by atoms with Gasteiger partial charge in [0.25, 0.3) is 0 Å². The molecule has 0 saturated heterocycles. The lowest BCUT2D eigenvalue weighted by Crippen LogP contribution is -1.86. The maximum atomic E-state index is 9.63. The second-order valence-corrected chi connectivity index (χ2v) is 5.06. The minimum atomic E-state index is 0.704. The predicted octanol–water partition coefficient (Wildman–Crippen LogP) is 4.86. The number of nitriles is 1. The highest BCUT2D eigenvalue weighted by Crippen LogP contribution is 2.33. The van der Waals surface area contributed by atoms with Gasteiger partial charge in [-0.15, -0.1) is 0 Å². The minimum absolute atomic E-state index is 0.704. The molecule has 4 aromatic rings. The quantitative estimate of drug-likeness (QED) is 0.526. The van der Waals surface area contributed by atoms with Crippen LogP contribution in [0.2, 0.25) is 0 Å². The molecule has 21 heavy (non-hydrogen) atoms. The molecule has 0 bridgehead atoms. The lowest BCUT2D eigenvalue weighted by molar-refractivity contribution is 1.47. The van der Waals surface area contributed by atoms with E-state index in [0.717, 1.165) is 32.9 Å². The van der Waals surface area contributed by atoms with Crippen LogP contribution >= 0.6 is 0 Å². The first-order valence-electron chi connectivity index (χ1n) is 6.87. The molecule has 0 aliphatic carbocycles. The van der Waals surface area contributed by atoms with Gasteiger partial charge in [-0.3, -0.25) is 0 Å². The highest BCUT2D eigenvalue weighted by atomic mass is 14.7. The maximum absolute atomic E-state index is 9.63. The summed E-state index contributed by atoms with van der Waals surface area (Å²) >= 11 is 0. The fraction of sp³-hybridized carbons (Fsp3) is 0. The van der Waals surface area contributed by atoms with Gasteiger partial charge in [-0.1, -0.05) is 60.7 Å². The summed E-state index contributed by atoms with van der Waals surface area (Å²) < 4.78 is 0. The molecule has 0 amide bonds. The first kappa shape index (κ1) is 11.7. The molecule has 0 aliphatic heterocycles. The molecule has 0 aliphatic rings. The molecule has 0 fully saturated rings. The highest BCUT2D eigenvalue weighted by Gasteiger charge is 2.12. The van der Waals surface area contributed by atoms with Gasteiger partial charge in [-0.2, -0.15) is 5.26 Å². The Morgan fingerprint density at radius 3 is 2.33 bits per heavy atom. The Bertz CT molecular complexity index is 989. The normalized spacial score (nSPS) is 10.8. The summed E-state index contributed by atoms with van der Waals surface area (Å²) in [6.45, 7) is 0. The number of nitrogens with one attached hydrogen (secondary N) is 1. The first-order chi connectivity index (χ1) is 10.4. The number of hydrogen-bond donors (Lipinski definition) is 1. The molecule has 3 aromatic carbocycles. The highest BCUT2D eigenvalue weighted by molar-refractivity contribution is 6.10. The molecule has 4 rings (SSSR count). The van der Waals surface area contributed by atoms with Crippen molar-refractivity contribution in [1.82, 2.24) is 4.98 Å². The predicted molar refractivity (Wildman–Crippen MR) is 86.0 cm³/mol. The van der Waals surface area contributed by atoms with Gasteiger partial charge < -0.3 is 4.98 Å². The standard InChI is InChI=1S/C19H12N2/c20-12-17-14(13-6-2-1-3-7-13)10-11-16-15-8-4-5-9-18(15)21-19(16)17/h1-11,21H. The number of aromatic amines is 1. The van der Waals surface area contributed by atoms with Crippen LogP contribution in [0.25, 0.3) is 32.9 Å². The van der Waals surface area contributed by atoms with E-state index in [1.54, 1.807) is 0 Å². The van der Waals surface area contributed by atoms with Crippen LogP contribution in [0.4, 0.5) is 0 Å². The van der Waals surface area contributed by atoms with E-state index in [4.69, 9.17) is 0 Å². The lowest BCUT2D eigenvalue weighted by atomic mass is 9.98. The Morgan fingerprint density at radius 2 is 1.52 bits per heavy atom. The number of benzene rings is 3. The number of rotatable bonds is 1. The number of fused-ring (bicyclic) bond motifs is 3. The van der Waals surface area contributed by atoms with Crippen LogP contribution in [0.5, 0.6) is 0 Å². The van der Waals surface area contributed by atoms with Crippen molar-refractivity contribution in [2.75, 3.05) is 0 Å². The maximum Gasteiger partial charge on any atom is 0.102 e. The minimum Gasteiger partial charge on any atom is -0.353 e. The van der Waals surface area contributed by atoms with Crippen molar-refractivity contribution in [2.24, 2.45) is 0 Å². The zero-order chi connectivity index (χ0) is 14.2. The molecule has 98 valence electrons. The van der Waals surface area contributed by atoms with E-state index in [9.17, 15) is 5.26 Å². The van der Waals surface area contributed by atoms with Crippen molar-refractivity contribution in [2.45, 2.75) is 0 Å². The number of H-pyrrole nitrogens is 1. The second-order valence-electron chi connectivity index (χ2n) is 5.06. The summed E-state index contributed by atoms with van der Waals surface area (Å²) in [5.74, 6) is 0. The fourth-order valence-corrected chi connectivity index (χ4v) is 2.89. The zero-order valence-corrected chi connectivity index (χ0v) is 11.3. The Labute approximate surface area is 122 Å². The lowest BCUT2D eigenvalue weighted by Gasteiger charge is -2.05. The van der Waals surface area contributed by atoms with Crippen LogP contribution in [-0.2, 0) is 0 Å². The van der Waals surface area contributed by atoms with Gasteiger partial charge in [0.15, 0.2) is 0 Å². The number of nitrogens with zero attached hydrogens (tertiary/aromatic N) is 1. The Hall–Kier alpha value is -3.05. The molecular formula is C19H12N2. The number of aromatic nitrogens is 1. The van der Waals surface area contributed by atoms with Gasteiger partial charge in [0, 0.05) is 21.9 Å². The van der Waals surface area contributed by atoms with Crippen LogP contribution < -0.4 is 0 Å². The van der Waals surface area contributed by atoms with Gasteiger partial charge in [-0.05, 0) is 11.6 Å². The van der Waals surface area contributed by atoms with Crippen LogP contribution in [0.15, 0.2) is 66.7 Å². The van der Waals surface area contributed by atoms with E-state index in [1.165, 1.54) is 0 Å². The molecule has 1 aromatic heterocycles. The van der Waals surface area contributed by atoms with Gasteiger partial charge >= 0.3 is 0 Å². The van der Waals surface area contributed by atoms with E-state index < -0.39 is 0 Å². The van der Waals surface area contributed by atoms with Crippen LogP contribution in [0.3, 0.4) is 0 Å². The van der Waals surface area contributed by atoms with Crippen LogP contribution in [0, 0.1) is 11.3 Å². The largest absolute Gasteiger partial charge is 0.353 e. The van der Waals surface area contributed by atoms with Crippen molar-refractivity contribution in [3.63, 3.8) is 0 Å². The van der Waals surface area contributed by atoms with Crippen LogP contribution in [-0.4, -0.2) is 4.98 Å². The zero-order valence-electron chi connectivity index (χ0n) is 11.3. The fourth-order valence-electron chi connectivity index (χ4n) is 2.89. The van der Waals surface area contributed by atoms with Crippen molar-refractivity contribution in [3.05, 3.63) is 72.3 Å². The number of hydrogen-bond acceptors (Lipinski definition) is 1. The van der Waals surface area contributed by atoms with Crippen LogP contribution in [0.1, 0.15) is 5.56 Å². The van der Waals surface area contributed by atoms with E-state index in [-0.39, 0.29) is 0 Å². The molecular weight excluding hydrogens is 256 g/mol. The van der Waals surface area contributed by atoms with E-state index in [1.807, 2.05) is 54.6 Å². The Morgan fingerprint density at radius 1 is 0.762 bits per heavy atom. The van der Waals surface area contributed by atoms with Gasteiger partial charge in [0.05, 0.1) is 11.1 Å².